The Morgan fingerprint density at radius 1 is 1.00 bits per heavy atom. The first-order chi connectivity index (χ1) is 7.38. The van der Waals surface area contributed by atoms with Gasteiger partial charge in [0.05, 0.1) is 0 Å². The van der Waals surface area contributed by atoms with Gasteiger partial charge in [0.2, 0.25) is 0 Å². The van der Waals surface area contributed by atoms with Crippen molar-refractivity contribution < 1.29 is 0 Å². The number of hydrogen-bond acceptors (Lipinski definition) is 1. The van der Waals surface area contributed by atoms with Gasteiger partial charge in [-0.25, -0.2) is 0 Å². The summed E-state index contributed by atoms with van der Waals surface area (Å²) in [4.78, 5) is 4.08. The molecule has 0 fully saturated rings. The summed E-state index contributed by atoms with van der Waals surface area (Å²) in [5, 5.41) is 0. The minimum Gasteiger partial charge on any atom is -0.265 e. The predicted molar refractivity (Wildman–Crippen MR) is 66.0 cm³/mol. The Hall–Kier alpha value is -0.850. The topological polar surface area (TPSA) is 12.9 Å². The maximum Gasteiger partial charge on any atom is 0.0270 e. The zero-order chi connectivity index (χ0) is 10.9. The Balaban J connectivity index is 2.50. The van der Waals surface area contributed by atoms with Gasteiger partial charge >= 0.3 is 0 Å². The van der Waals surface area contributed by atoms with E-state index >= 15 is 0 Å². The molecular weight excluding hydrogens is 182 g/mol. The highest BCUT2D eigenvalue weighted by Gasteiger charge is 2.09. The quantitative estimate of drug-likeness (QED) is 0.595. The number of pyridine rings is 1. The fraction of sp³-hybridized carbons (Fsp3) is 0.643. The Morgan fingerprint density at radius 3 is 2.33 bits per heavy atom. The van der Waals surface area contributed by atoms with Crippen LogP contribution in [0.2, 0.25) is 0 Å². The van der Waals surface area contributed by atoms with E-state index in [2.05, 4.69) is 31.0 Å². The molecule has 1 aromatic heterocycles. The molecule has 1 aromatic rings. The van der Waals surface area contributed by atoms with E-state index < -0.39 is 0 Å². The third kappa shape index (κ3) is 4.46. The van der Waals surface area contributed by atoms with Gasteiger partial charge in [-0.05, 0) is 36.5 Å². The monoisotopic (exact) mass is 205 g/mol. The molecule has 0 amide bonds. The lowest BCUT2D eigenvalue weighted by Gasteiger charge is -2.15. The van der Waals surface area contributed by atoms with Gasteiger partial charge in [0, 0.05) is 12.4 Å². The van der Waals surface area contributed by atoms with Crippen LogP contribution in [0.25, 0.3) is 0 Å². The number of rotatable bonds is 7. The number of hydrogen-bond donors (Lipinski definition) is 0. The lowest BCUT2D eigenvalue weighted by molar-refractivity contribution is 0.529. The summed E-state index contributed by atoms with van der Waals surface area (Å²) < 4.78 is 0. The molecule has 0 spiro atoms. The Labute approximate surface area is 93.9 Å². The molecule has 1 rings (SSSR count). The van der Waals surface area contributed by atoms with Gasteiger partial charge in [-0.15, -0.1) is 0 Å². The number of nitrogens with zero attached hydrogens (tertiary/aromatic N) is 1. The molecule has 0 saturated heterocycles. The third-order valence-electron chi connectivity index (χ3n) is 2.97. The van der Waals surface area contributed by atoms with Gasteiger partial charge in [0.25, 0.3) is 0 Å². The minimum atomic E-state index is 0.754. The summed E-state index contributed by atoms with van der Waals surface area (Å²) >= 11 is 0. The Morgan fingerprint density at radius 2 is 1.73 bits per heavy atom. The molecule has 15 heavy (non-hydrogen) atoms. The molecule has 0 bridgehead atoms. The lowest BCUT2D eigenvalue weighted by Crippen LogP contribution is -1.98. The van der Waals surface area contributed by atoms with E-state index in [9.17, 15) is 0 Å². The van der Waals surface area contributed by atoms with E-state index in [1.807, 2.05) is 12.4 Å². The second kappa shape index (κ2) is 7.44. The highest BCUT2D eigenvalue weighted by Crippen LogP contribution is 2.26. The summed E-state index contributed by atoms with van der Waals surface area (Å²) in [5.74, 6) is 0.754. The molecule has 1 nitrogen and oxygen atoms in total. The van der Waals surface area contributed by atoms with Crippen LogP contribution < -0.4 is 0 Å². The van der Waals surface area contributed by atoms with Crippen LogP contribution in [0.3, 0.4) is 0 Å². The maximum atomic E-state index is 4.08. The van der Waals surface area contributed by atoms with Crippen molar-refractivity contribution in [2.45, 2.75) is 58.3 Å². The smallest absolute Gasteiger partial charge is 0.0270 e. The predicted octanol–water partition coefficient (Wildman–Crippen LogP) is 4.55. The van der Waals surface area contributed by atoms with Crippen molar-refractivity contribution in [3.05, 3.63) is 30.1 Å². The molecule has 1 unspecified atom stereocenters. The minimum absolute atomic E-state index is 0.754. The summed E-state index contributed by atoms with van der Waals surface area (Å²) in [6, 6.07) is 4.35. The first-order valence-corrected chi connectivity index (χ1v) is 6.28. The molecule has 0 radical (unpaired) electrons. The van der Waals surface area contributed by atoms with E-state index in [0.29, 0.717) is 0 Å². The number of aromatic nitrogens is 1. The van der Waals surface area contributed by atoms with Gasteiger partial charge < -0.3 is 0 Å². The molecule has 0 aromatic carbocycles. The van der Waals surface area contributed by atoms with Crippen LogP contribution in [-0.4, -0.2) is 4.98 Å². The van der Waals surface area contributed by atoms with Crippen LogP contribution in [0.4, 0.5) is 0 Å². The molecule has 1 heteroatoms. The SMILES string of the molecule is CCCCCC(CCC)c1ccncc1. The van der Waals surface area contributed by atoms with Crippen molar-refractivity contribution in [2.24, 2.45) is 0 Å². The highest BCUT2D eigenvalue weighted by atomic mass is 14.6. The molecule has 1 heterocycles. The van der Waals surface area contributed by atoms with Crippen LogP contribution in [0, 0.1) is 0 Å². The molecular formula is C14H23N. The van der Waals surface area contributed by atoms with Crippen LogP contribution in [0.5, 0.6) is 0 Å². The maximum absolute atomic E-state index is 4.08. The second-order valence-electron chi connectivity index (χ2n) is 4.26. The van der Waals surface area contributed by atoms with Crippen molar-refractivity contribution in [1.29, 1.82) is 0 Å². The van der Waals surface area contributed by atoms with E-state index in [-0.39, 0.29) is 0 Å². The molecule has 0 aliphatic rings. The van der Waals surface area contributed by atoms with Gasteiger partial charge in [0.1, 0.15) is 0 Å². The average molecular weight is 205 g/mol. The van der Waals surface area contributed by atoms with Gasteiger partial charge in [-0.3, -0.25) is 4.98 Å². The van der Waals surface area contributed by atoms with Crippen LogP contribution in [0.15, 0.2) is 24.5 Å². The number of unbranched alkanes of at least 4 members (excludes halogenated alkanes) is 2. The van der Waals surface area contributed by atoms with E-state index in [0.717, 1.165) is 5.92 Å². The lowest BCUT2D eigenvalue weighted by atomic mass is 9.90. The van der Waals surface area contributed by atoms with Crippen LogP contribution in [-0.2, 0) is 0 Å². The molecule has 1 atom stereocenters. The zero-order valence-corrected chi connectivity index (χ0v) is 10.1. The largest absolute Gasteiger partial charge is 0.265 e. The molecule has 0 saturated carbocycles. The average Bonchev–Trinajstić information content (AvgIpc) is 2.29. The van der Waals surface area contributed by atoms with E-state index in [4.69, 9.17) is 0 Å². The fourth-order valence-electron chi connectivity index (χ4n) is 2.10. The van der Waals surface area contributed by atoms with Crippen molar-refractivity contribution in [3.63, 3.8) is 0 Å². The van der Waals surface area contributed by atoms with E-state index in [1.54, 1.807) is 0 Å². The van der Waals surface area contributed by atoms with Gasteiger partial charge in [-0.1, -0.05) is 39.5 Å². The van der Waals surface area contributed by atoms with Gasteiger partial charge in [0.15, 0.2) is 0 Å². The van der Waals surface area contributed by atoms with Crippen molar-refractivity contribution in [3.8, 4) is 0 Å². The Kier molecular flexibility index (Phi) is 6.06. The molecule has 84 valence electrons. The zero-order valence-electron chi connectivity index (χ0n) is 10.1. The van der Waals surface area contributed by atoms with Crippen molar-refractivity contribution in [2.75, 3.05) is 0 Å². The highest BCUT2D eigenvalue weighted by molar-refractivity contribution is 5.15. The summed E-state index contributed by atoms with van der Waals surface area (Å²) in [6.07, 6.45) is 11.8. The third-order valence-corrected chi connectivity index (χ3v) is 2.97. The van der Waals surface area contributed by atoms with E-state index in [1.165, 1.54) is 44.1 Å². The summed E-state index contributed by atoms with van der Waals surface area (Å²) in [5.41, 5.74) is 1.47. The second-order valence-corrected chi connectivity index (χ2v) is 4.26. The first-order valence-electron chi connectivity index (χ1n) is 6.28. The first kappa shape index (κ1) is 12.2. The van der Waals surface area contributed by atoms with Crippen LogP contribution in [0.1, 0.15) is 63.9 Å². The standard InChI is InChI=1S/C14H23N/c1-3-5-6-8-13(7-4-2)14-9-11-15-12-10-14/h9-13H,3-8H2,1-2H3. The normalized spacial score (nSPS) is 12.7. The van der Waals surface area contributed by atoms with Crippen LogP contribution >= 0.6 is 0 Å². The summed E-state index contributed by atoms with van der Waals surface area (Å²) in [6.45, 7) is 4.54. The van der Waals surface area contributed by atoms with Gasteiger partial charge in [-0.2, -0.15) is 0 Å². The molecule has 0 aliphatic heterocycles. The molecule has 0 aliphatic carbocycles. The van der Waals surface area contributed by atoms with Crippen molar-refractivity contribution in [1.82, 2.24) is 4.98 Å². The van der Waals surface area contributed by atoms with Crippen molar-refractivity contribution >= 4 is 0 Å². The fourth-order valence-corrected chi connectivity index (χ4v) is 2.10. The Bertz CT molecular complexity index is 243. The summed E-state index contributed by atoms with van der Waals surface area (Å²) in [7, 11) is 0. The molecule has 0 N–H and O–H groups in total.